The van der Waals surface area contributed by atoms with E-state index >= 15 is 0 Å². The van der Waals surface area contributed by atoms with Gasteiger partial charge in [-0.25, -0.2) is 0 Å². The molecule has 1 unspecified atom stereocenters. The van der Waals surface area contributed by atoms with Crippen LogP contribution in [0, 0.1) is 5.92 Å². The molecule has 1 N–H and O–H groups in total. The summed E-state index contributed by atoms with van der Waals surface area (Å²) in [7, 11) is 0. The molecule has 1 atom stereocenters. The van der Waals surface area contributed by atoms with Crippen molar-refractivity contribution in [2.75, 3.05) is 13.1 Å². The van der Waals surface area contributed by atoms with Crippen molar-refractivity contribution in [1.82, 2.24) is 15.1 Å². The average Bonchev–Trinajstić information content (AvgIpc) is 2.72. The zero-order chi connectivity index (χ0) is 13.0. The molecule has 1 aromatic heterocycles. The number of hydrogen-bond acceptors (Lipinski definition) is 3. The highest BCUT2D eigenvalue weighted by molar-refractivity contribution is 9.10. The van der Waals surface area contributed by atoms with Crippen molar-refractivity contribution in [1.29, 1.82) is 0 Å². The molecule has 0 radical (unpaired) electrons. The Balaban J connectivity index is 2.05. The lowest BCUT2D eigenvalue weighted by Crippen LogP contribution is -2.31. The quantitative estimate of drug-likeness (QED) is 0.850. The van der Waals surface area contributed by atoms with Gasteiger partial charge in [0.05, 0.1) is 10.7 Å². The summed E-state index contributed by atoms with van der Waals surface area (Å²) < 4.78 is 2.65. The lowest BCUT2D eigenvalue weighted by atomic mass is 9.93. The van der Waals surface area contributed by atoms with E-state index in [4.69, 9.17) is 0 Å². The second kappa shape index (κ2) is 6.48. The minimum Gasteiger partial charge on any atom is -0.316 e. The van der Waals surface area contributed by atoms with Crippen LogP contribution in [0.4, 0.5) is 0 Å². The number of hydrogen-bond donors (Lipinski definition) is 1. The molecule has 2 heterocycles. The SMILES string of the molecule is CCCn1ncc(Br)c1C(=O)CC1CCCNC1. The van der Waals surface area contributed by atoms with Gasteiger partial charge in [-0.2, -0.15) is 5.10 Å². The largest absolute Gasteiger partial charge is 0.316 e. The molecule has 1 aromatic rings. The van der Waals surface area contributed by atoms with Gasteiger partial charge in [0.2, 0.25) is 0 Å². The summed E-state index contributed by atoms with van der Waals surface area (Å²) >= 11 is 3.43. The van der Waals surface area contributed by atoms with Gasteiger partial charge in [0.25, 0.3) is 0 Å². The van der Waals surface area contributed by atoms with Crippen LogP contribution >= 0.6 is 15.9 Å². The highest BCUT2D eigenvalue weighted by Crippen LogP contribution is 2.22. The molecule has 0 aromatic carbocycles. The molecule has 1 saturated heterocycles. The van der Waals surface area contributed by atoms with Crippen molar-refractivity contribution in [2.24, 2.45) is 5.92 Å². The summed E-state index contributed by atoms with van der Waals surface area (Å²) in [6.07, 6.45) is 5.66. The lowest BCUT2D eigenvalue weighted by Gasteiger charge is -2.22. The van der Waals surface area contributed by atoms with Crippen molar-refractivity contribution in [3.63, 3.8) is 0 Å². The van der Waals surface area contributed by atoms with Crippen LogP contribution in [-0.2, 0) is 6.54 Å². The highest BCUT2D eigenvalue weighted by Gasteiger charge is 2.22. The van der Waals surface area contributed by atoms with E-state index in [-0.39, 0.29) is 5.78 Å². The van der Waals surface area contributed by atoms with E-state index in [0.717, 1.165) is 42.6 Å². The fraction of sp³-hybridized carbons (Fsp3) is 0.692. The Morgan fingerprint density at radius 2 is 2.50 bits per heavy atom. The van der Waals surface area contributed by atoms with E-state index in [0.29, 0.717) is 12.3 Å². The standard InChI is InChI=1S/C13H20BrN3O/c1-2-6-17-13(11(14)9-16-17)12(18)7-10-4-3-5-15-8-10/h9-10,15H,2-8H2,1H3. The van der Waals surface area contributed by atoms with Crippen LogP contribution in [0.5, 0.6) is 0 Å². The highest BCUT2D eigenvalue weighted by atomic mass is 79.9. The van der Waals surface area contributed by atoms with E-state index in [2.05, 4.69) is 33.3 Å². The molecule has 2 rings (SSSR count). The number of piperidine rings is 1. The Morgan fingerprint density at radius 1 is 1.67 bits per heavy atom. The molecule has 4 nitrogen and oxygen atoms in total. The summed E-state index contributed by atoms with van der Waals surface area (Å²) in [5.74, 6) is 0.685. The van der Waals surface area contributed by atoms with Crippen molar-refractivity contribution in [2.45, 2.75) is 39.2 Å². The molecule has 1 fully saturated rings. The number of aromatic nitrogens is 2. The van der Waals surface area contributed by atoms with Crippen LogP contribution in [0.1, 0.15) is 43.1 Å². The third kappa shape index (κ3) is 3.20. The number of rotatable bonds is 5. The number of nitrogens with zero attached hydrogens (tertiary/aromatic N) is 2. The molecular weight excluding hydrogens is 294 g/mol. The minimum absolute atomic E-state index is 0.210. The Labute approximate surface area is 116 Å². The molecule has 0 aliphatic carbocycles. The first-order chi connectivity index (χ1) is 8.72. The van der Waals surface area contributed by atoms with Crippen LogP contribution in [-0.4, -0.2) is 28.7 Å². The normalized spacial score (nSPS) is 20.0. The number of nitrogens with one attached hydrogen (secondary N) is 1. The number of carbonyl (C=O) groups excluding carboxylic acids is 1. The van der Waals surface area contributed by atoms with Gasteiger partial charge >= 0.3 is 0 Å². The Hall–Kier alpha value is -0.680. The summed E-state index contributed by atoms with van der Waals surface area (Å²) in [5.41, 5.74) is 0.738. The molecule has 0 spiro atoms. The zero-order valence-corrected chi connectivity index (χ0v) is 12.4. The van der Waals surface area contributed by atoms with Crippen LogP contribution in [0.25, 0.3) is 0 Å². The van der Waals surface area contributed by atoms with Crippen LogP contribution in [0.15, 0.2) is 10.7 Å². The Morgan fingerprint density at radius 3 is 3.17 bits per heavy atom. The first-order valence-corrected chi connectivity index (χ1v) is 7.47. The van der Waals surface area contributed by atoms with Crippen molar-refractivity contribution in [3.8, 4) is 0 Å². The maximum atomic E-state index is 12.4. The molecule has 0 bridgehead atoms. The molecule has 0 amide bonds. The van der Waals surface area contributed by atoms with Gasteiger partial charge in [0.15, 0.2) is 5.78 Å². The predicted molar refractivity (Wildman–Crippen MR) is 74.8 cm³/mol. The fourth-order valence-electron chi connectivity index (χ4n) is 2.48. The van der Waals surface area contributed by atoms with Gasteiger partial charge in [-0.05, 0) is 54.2 Å². The first kappa shape index (κ1) is 13.7. The van der Waals surface area contributed by atoms with Gasteiger partial charge in [-0.15, -0.1) is 0 Å². The molecule has 1 aliphatic heterocycles. The maximum Gasteiger partial charge on any atom is 0.182 e. The summed E-state index contributed by atoms with van der Waals surface area (Å²) in [6, 6.07) is 0. The molecule has 1 aliphatic rings. The molecular formula is C13H20BrN3O. The van der Waals surface area contributed by atoms with Gasteiger partial charge < -0.3 is 5.32 Å². The summed E-state index contributed by atoms with van der Waals surface area (Å²) in [5, 5.41) is 7.61. The summed E-state index contributed by atoms with van der Waals surface area (Å²) in [4.78, 5) is 12.4. The first-order valence-electron chi connectivity index (χ1n) is 6.67. The number of halogens is 1. The maximum absolute atomic E-state index is 12.4. The van der Waals surface area contributed by atoms with Crippen LogP contribution < -0.4 is 5.32 Å². The van der Waals surface area contributed by atoms with E-state index in [9.17, 15) is 4.79 Å². The fourth-order valence-corrected chi connectivity index (χ4v) is 3.00. The van der Waals surface area contributed by atoms with E-state index in [1.165, 1.54) is 6.42 Å². The van der Waals surface area contributed by atoms with E-state index < -0.39 is 0 Å². The van der Waals surface area contributed by atoms with Crippen molar-refractivity contribution in [3.05, 3.63) is 16.4 Å². The zero-order valence-electron chi connectivity index (χ0n) is 10.8. The number of carbonyl (C=O) groups is 1. The average molecular weight is 314 g/mol. The Bertz CT molecular complexity index is 410. The van der Waals surface area contributed by atoms with Gasteiger partial charge in [0.1, 0.15) is 5.69 Å². The predicted octanol–water partition coefficient (Wildman–Crippen LogP) is 2.63. The van der Waals surface area contributed by atoms with Crippen LogP contribution in [0.2, 0.25) is 0 Å². The molecule has 100 valence electrons. The summed E-state index contributed by atoms with van der Waals surface area (Å²) in [6.45, 7) is 4.94. The third-order valence-electron chi connectivity index (χ3n) is 3.37. The minimum atomic E-state index is 0.210. The molecule has 5 heteroatoms. The number of ketones is 1. The van der Waals surface area contributed by atoms with Gasteiger partial charge in [0, 0.05) is 13.0 Å². The number of aryl methyl sites for hydroxylation is 1. The molecule has 18 heavy (non-hydrogen) atoms. The van der Waals surface area contributed by atoms with Gasteiger partial charge in [-0.3, -0.25) is 9.48 Å². The monoisotopic (exact) mass is 313 g/mol. The van der Waals surface area contributed by atoms with E-state index in [1.54, 1.807) is 6.20 Å². The van der Waals surface area contributed by atoms with Crippen molar-refractivity contribution < 1.29 is 4.79 Å². The Kier molecular flexibility index (Phi) is 4.95. The number of Topliss-reactive ketones (excluding diaryl/α,β-unsaturated/α-hetero) is 1. The van der Waals surface area contributed by atoms with Crippen LogP contribution in [0.3, 0.4) is 0 Å². The molecule has 0 saturated carbocycles. The topological polar surface area (TPSA) is 46.9 Å². The second-order valence-corrected chi connectivity index (χ2v) is 5.76. The van der Waals surface area contributed by atoms with E-state index in [1.807, 2.05) is 4.68 Å². The second-order valence-electron chi connectivity index (χ2n) is 4.90. The van der Waals surface area contributed by atoms with Crippen molar-refractivity contribution >= 4 is 21.7 Å². The van der Waals surface area contributed by atoms with Gasteiger partial charge in [-0.1, -0.05) is 6.92 Å². The smallest absolute Gasteiger partial charge is 0.182 e. The third-order valence-corrected chi connectivity index (χ3v) is 3.95. The lowest BCUT2D eigenvalue weighted by molar-refractivity contribution is 0.0942.